The average Bonchev–Trinajstić information content (AvgIpc) is 2.41. The molecule has 104 valence electrons. The summed E-state index contributed by atoms with van der Waals surface area (Å²) < 4.78 is 0. The van der Waals surface area contributed by atoms with Crippen LogP contribution < -0.4 is 5.73 Å². The molecule has 1 fully saturated rings. The summed E-state index contributed by atoms with van der Waals surface area (Å²) >= 11 is 0. The number of rotatable bonds is 4. The first-order valence-electron chi connectivity index (χ1n) is 7.22. The van der Waals surface area contributed by atoms with E-state index in [-0.39, 0.29) is 5.84 Å². The van der Waals surface area contributed by atoms with Crippen LogP contribution in [0.4, 0.5) is 0 Å². The van der Waals surface area contributed by atoms with Crippen LogP contribution in [-0.2, 0) is 6.54 Å². The van der Waals surface area contributed by atoms with Gasteiger partial charge in [0.1, 0.15) is 5.84 Å². The van der Waals surface area contributed by atoms with Crippen molar-refractivity contribution < 1.29 is 0 Å². The molecule has 0 heterocycles. The van der Waals surface area contributed by atoms with Gasteiger partial charge in [0.05, 0.1) is 0 Å². The lowest BCUT2D eigenvalue weighted by atomic mass is 9.94. The molecular formula is C16H25N3. The number of nitrogens with one attached hydrogen (secondary N) is 1. The minimum Gasteiger partial charge on any atom is -0.384 e. The number of nitrogen functional groups attached to an aromatic ring is 1. The maximum absolute atomic E-state index is 7.47. The third-order valence-electron chi connectivity index (χ3n) is 4.27. The van der Waals surface area contributed by atoms with E-state index >= 15 is 0 Å². The van der Waals surface area contributed by atoms with E-state index < -0.39 is 0 Å². The lowest BCUT2D eigenvalue weighted by molar-refractivity contribution is 0.184. The van der Waals surface area contributed by atoms with Crippen LogP contribution in [0.15, 0.2) is 18.2 Å². The van der Waals surface area contributed by atoms with E-state index in [1.54, 1.807) is 0 Å². The number of nitrogens with two attached hydrogens (primary N) is 1. The third kappa shape index (κ3) is 3.57. The summed E-state index contributed by atoms with van der Waals surface area (Å²) in [6, 6.07) is 6.83. The van der Waals surface area contributed by atoms with Crippen LogP contribution in [0.5, 0.6) is 0 Å². The summed E-state index contributed by atoms with van der Waals surface area (Å²) in [6.07, 6.45) is 6.81. The lowest BCUT2D eigenvalue weighted by Gasteiger charge is -2.31. The van der Waals surface area contributed by atoms with Crippen molar-refractivity contribution >= 4 is 5.84 Å². The largest absolute Gasteiger partial charge is 0.384 e. The first-order valence-corrected chi connectivity index (χ1v) is 7.22. The van der Waals surface area contributed by atoms with Gasteiger partial charge in [-0.25, -0.2) is 0 Å². The molecule has 3 nitrogen and oxygen atoms in total. The highest BCUT2D eigenvalue weighted by Gasteiger charge is 2.18. The van der Waals surface area contributed by atoms with E-state index in [4.69, 9.17) is 11.1 Å². The van der Waals surface area contributed by atoms with Crippen molar-refractivity contribution in [1.82, 2.24) is 4.90 Å². The van der Waals surface area contributed by atoms with E-state index in [0.29, 0.717) is 0 Å². The fourth-order valence-corrected chi connectivity index (χ4v) is 2.96. The molecule has 0 atom stereocenters. The number of nitrogens with zero attached hydrogens (tertiary/aromatic N) is 1. The number of amidine groups is 1. The van der Waals surface area contributed by atoms with Gasteiger partial charge in [0.25, 0.3) is 0 Å². The molecule has 0 unspecified atom stereocenters. The van der Waals surface area contributed by atoms with Gasteiger partial charge in [-0.15, -0.1) is 0 Å². The second-order valence-corrected chi connectivity index (χ2v) is 5.76. The van der Waals surface area contributed by atoms with Crippen LogP contribution in [0.1, 0.15) is 48.8 Å². The van der Waals surface area contributed by atoms with Gasteiger partial charge in [-0.3, -0.25) is 10.3 Å². The molecule has 1 aliphatic rings. The third-order valence-corrected chi connectivity index (χ3v) is 4.27. The zero-order chi connectivity index (χ0) is 13.8. The number of aryl methyl sites for hydroxylation is 1. The van der Waals surface area contributed by atoms with Crippen LogP contribution in [0.25, 0.3) is 0 Å². The van der Waals surface area contributed by atoms with E-state index in [1.807, 2.05) is 12.1 Å². The summed E-state index contributed by atoms with van der Waals surface area (Å²) in [4.78, 5) is 2.48. The van der Waals surface area contributed by atoms with Gasteiger partial charge in [0, 0.05) is 18.2 Å². The second-order valence-electron chi connectivity index (χ2n) is 5.76. The van der Waals surface area contributed by atoms with Gasteiger partial charge in [-0.2, -0.15) is 0 Å². The normalized spacial score (nSPS) is 16.8. The standard InChI is InChI=1S/C16H25N3/c1-12-10-13(16(17)18)8-9-14(12)11-19(2)15-6-4-3-5-7-15/h8-10,15H,3-7,11H2,1-2H3,(H3,17,18). The topological polar surface area (TPSA) is 53.1 Å². The van der Waals surface area contributed by atoms with Gasteiger partial charge in [-0.1, -0.05) is 31.4 Å². The zero-order valence-electron chi connectivity index (χ0n) is 12.1. The molecule has 2 rings (SSSR count). The minimum absolute atomic E-state index is 0.148. The Morgan fingerprint density at radius 1 is 1.32 bits per heavy atom. The molecule has 1 aromatic carbocycles. The van der Waals surface area contributed by atoms with Crippen LogP contribution >= 0.6 is 0 Å². The summed E-state index contributed by atoms with van der Waals surface area (Å²) in [5, 5.41) is 7.47. The van der Waals surface area contributed by atoms with Crippen molar-refractivity contribution in [3.05, 3.63) is 34.9 Å². The lowest BCUT2D eigenvalue weighted by Crippen LogP contribution is -2.33. The number of hydrogen-bond acceptors (Lipinski definition) is 2. The molecule has 1 saturated carbocycles. The molecule has 0 radical (unpaired) electrons. The summed E-state index contributed by atoms with van der Waals surface area (Å²) in [5.41, 5.74) is 8.92. The SMILES string of the molecule is Cc1cc(C(=N)N)ccc1CN(C)C1CCCCC1. The van der Waals surface area contributed by atoms with Gasteiger partial charge in [0.15, 0.2) is 0 Å². The van der Waals surface area contributed by atoms with Gasteiger partial charge < -0.3 is 5.73 Å². The van der Waals surface area contributed by atoms with Crippen LogP contribution in [-0.4, -0.2) is 23.8 Å². The molecule has 0 aromatic heterocycles. The van der Waals surface area contributed by atoms with Crippen molar-refractivity contribution in [3.8, 4) is 0 Å². The highest BCUT2D eigenvalue weighted by molar-refractivity contribution is 5.95. The van der Waals surface area contributed by atoms with Crippen molar-refractivity contribution in [2.75, 3.05) is 7.05 Å². The van der Waals surface area contributed by atoms with Gasteiger partial charge in [0.2, 0.25) is 0 Å². The number of hydrogen-bond donors (Lipinski definition) is 2. The monoisotopic (exact) mass is 259 g/mol. The van der Waals surface area contributed by atoms with Crippen molar-refractivity contribution in [2.45, 2.75) is 51.6 Å². The Kier molecular flexibility index (Phi) is 4.59. The molecule has 19 heavy (non-hydrogen) atoms. The van der Waals surface area contributed by atoms with Crippen LogP contribution in [0.2, 0.25) is 0 Å². The maximum Gasteiger partial charge on any atom is 0.122 e. The van der Waals surface area contributed by atoms with Crippen LogP contribution in [0.3, 0.4) is 0 Å². The van der Waals surface area contributed by atoms with Crippen molar-refractivity contribution in [1.29, 1.82) is 5.41 Å². The molecule has 3 heteroatoms. The van der Waals surface area contributed by atoms with Gasteiger partial charge in [-0.05, 0) is 44.0 Å². The van der Waals surface area contributed by atoms with E-state index in [0.717, 1.165) is 18.2 Å². The Morgan fingerprint density at radius 3 is 2.58 bits per heavy atom. The molecule has 0 amide bonds. The Bertz CT molecular complexity index is 447. The van der Waals surface area contributed by atoms with Crippen LogP contribution in [0, 0.1) is 12.3 Å². The Balaban J connectivity index is 2.03. The molecule has 0 aliphatic heterocycles. The fraction of sp³-hybridized carbons (Fsp3) is 0.562. The quantitative estimate of drug-likeness (QED) is 0.645. The maximum atomic E-state index is 7.47. The molecule has 0 saturated heterocycles. The molecule has 0 spiro atoms. The predicted octanol–water partition coefficient (Wildman–Crippen LogP) is 3.04. The highest BCUT2D eigenvalue weighted by Crippen LogP contribution is 2.23. The second kappa shape index (κ2) is 6.20. The molecule has 1 aromatic rings. The summed E-state index contributed by atoms with van der Waals surface area (Å²) in [5.74, 6) is 0.148. The molecule has 1 aliphatic carbocycles. The first-order chi connectivity index (χ1) is 9.08. The average molecular weight is 259 g/mol. The summed E-state index contributed by atoms with van der Waals surface area (Å²) in [7, 11) is 2.23. The Morgan fingerprint density at radius 2 is 2.00 bits per heavy atom. The van der Waals surface area contributed by atoms with E-state index in [1.165, 1.54) is 43.2 Å². The first kappa shape index (κ1) is 14.1. The van der Waals surface area contributed by atoms with Gasteiger partial charge >= 0.3 is 0 Å². The van der Waals surface area contributed by atoms with Crippen molar-refractivity contribution in [2.24, 2.45) is 5.73 Å². The number of benzene rings is 1. The van der Waals surface area contributed by atoms with Crippen molar-refractivity contribution in [3.63, 3.8) is 0 Å². The molecule has 0 bridgehead atoms. The highest BCUT2D eigenvalue weighted by atomic mass is 15.1. The minimum atomic E-state index is 0.148. The molecule has 3 N–H and O–H groups in total. The fourth-order valence-electron chi connectivity index (χ4n) is 2.96. The summed E-state index contributed by atoms with van der Waals surface area (Å²) in [6.45, 7) is 3.10. The Hall–Kier alpha value is -1.35. The predicted molar refractivity (Wildman–Crippen MR) is 80.5 cm³/mol. The zero-order valence-corrected chi connectivity index (χ0v) is 12.1. The van der Waals surface area contributed by atoms with E-state index in [9.17, 15) is 0 Å². The Labute approximate surface area is 116 Å². The smallest absolute Gasteiger partial charge is 0.122 e. The van der Waals surface area contributed by atoms with E-state index in [2.05, 4.69) is 24.9 Å². The molecular weight excluding hydrogens is 234 g/mol.